The van der Waals surface area contributed by atoms with Crippen molar-refractivity contribution in [3.05, 3.63) is 18.2 Å². The van der Waals surface area contributed by atoms with Gasteiger partial charge in [0.1, 0.15) is 17.2 Å². The molecule has 2 N–H and O–H groups in total. The molecule has 0 radical (unpaired) electrons. The number of hydrogen-bond acceptors (Lipinski definition) is 3. The lowest BCUT2D eigenvalue weighted by molar-refractivity contribution is 0.240. The molecule has 0 aromatic heterocycles. The number of hydrogen-bond donors (Lipinski definition) is 1. The Kier molecular flexibility index (Phi) is 6.40. The van der Waals surface area contributed by atoms with Gasteiger partial charge in [-0.25, -0.2) is 0 Å². The van der Waals surface area contributed by atoms with Crippen LogP contribution in [0.2, 0.25) is 0 Å². The Morgan fingerprint density at radius 2 is 1.67 bits per heavy atom. The summed E-state index contributed by atoms with van der Waals surface area (Å²) in [5.41, 5.74) is 6.65. The van der Waals surface area contributed by atoms with Crippen LogP contribution in [-0.4, -0.2) is 13.2 Å². The van der Waals surface area contributed by atoms with Crippen molar-refractivity contribution < 1.29 is 9.47 Å². The number of anilines is 1. The van der Waals surface area contributed by atoms with E-state index in [1.165, 1.54) is 0 Å². The van der Waals surface area contributed by atoms with Crippen molar-refractivity contribution in [2.75, 3.05) is 18.9 Å². The minimum absolute atomic E-state index is 0.588. The van der Waals surface area contributed by atoms with Crippen LogP contribution in [0.1, 0.15) is 40.0 Å². The number of nitrogen functional groups attached to an aromatic ring is 1. The van der Waals surface area contributed by atoms with E-state index in [0.717, 1.165) is 30.8 Å². The van der Waals surface area contributed by atoms with Gasteiger partial charge in [-0.05, 0) is 24.5 Å². The van der Waals surface area contributed by atoms with Crippen LogP contribution in [0.4, 0.5) is 5.69 Å². The van der Waals surface area contributed by atoms with Gasteiger partial charge >= 0.3 is 0 Å². The minimum atomic E-state index is 0.588. The molecule has 0 amide bonds. The molecule has 0 aliphatic carbocycles. The molecule has 0 aliphatic rings. The van der Waals surface area contributed by atoms with E-state index >= 15 is 0 Å². The van der Waals surface area contributed by atoms with Gasteiger partial charge in [0.15, 0.2) is 0 Å². The summed E-state index contributed by atoms with van der Waals surface area (Å²) in [6, 6.07) is 5.70. The highest BCUT2D eigenvalue weighted by Gasteiger charge is 2.09. The molecule has 1 rings (SSSR count). The molecule has 18 heavy (non-hydrogen) atoms. The average Bonchev–Trinajstić information content (AvgIpc) is 2.40. The van der Waals surface area contributed by atoms with Gasteiger partial charge in [-0.1, -0.05) is 39.7 Å². The molecule has 0 saturated carbocycles. The zero-order chi connectivity index (χ0) is 13.4. The molecule has 0 spiro atoms. The molecule has 1 aromatic carbocycles. The van der Waals surface area contributed by atoms with Crippen LogP contribution >= 0.6 is 0 Å². The largest absolute Gasteiger partial charge is 0.491 e. The topological polar surface area (TPSA) is 44.5 Å². The molecule has 1 aromatic rings. The van der Waals surface area contributed by atoms with Gasteiger partial charge in [0.05, 0.1) is 13.2 Å². The Bertz CT molecular complexity index is 348. The fraction of sp³-hybridized carbons (Fsp3) is 0.600. The molecule has 3 heteroatoms. The summed E-state index contributed by atoms with van der Waals surface area (Å²) in [4.78, 5) is 0. The second-order valence-corrected chi connectivity index (χ2v) is 4.51. The highest BCUT2D eigenvalue weighted by atomic mass is 16.5. The highest BCUT2D eigenvalue weighted by molar-refractivity contribution is 5.62. The van der Waals surface area contributed by atoms with Crippen LogP contribution in [-0.2, 0) is 0 Å². The summed E-state index contributed by atoms with van der Waals surface area (Å²) >= 11 is 0. The van der Waals surface area contributed by atoms with Crippen LogP contribution < -0.4 is 15.2 Å². The van der Waals surface area contributed by atoms with Crippen molar-refractivity contribution in [2.24, 2.45) is 5.92 Å². The van der Waals surface area contributed by atoms with E-state index in [1.807, 2.05) is 18.2 Å². The maximum Gasteiger partial charge on any atom is 0.146 e. The van der Waals surface area contributed by atoms with Crippen molar-refractivity contribution in [1.29, 1.82) is 0 Å². The third-order valence-corrected chi connectivity index (χ3v) is 3.12. The van der Waals surface area contributed by atoms with Crippen molar-refractivity contribution in [3.63, 3.8) is 0 Å². The van der Waals surface area contributed by atoms with E-state index < -0.39 is 0 Å². The molecular formula is C15H25NO2. The fourth-order valence-corrected chi connectivity index (χ4v) is 1.72. The van der Waals surface area contributed by atoms with Crippen LogP contribution in [0.15, 0.2) is 18.2 Å². The standard InChI is InChI=1S/C15H25NO2/c1-4-10-17-13-8-7-9-14(15(13)16)18-11-12(5-2)6-3/h7-9,12H,4-6,10-11,16H2,1-3H3. The number of benzene rings is 1. The van der Waals surface area contributed by atoms with Gasteiger partial charge in [0, 0.05) is 0 Å². The number of ether oxygens (including phenoxy) is 2. The van der Waals surface area contributed by atoms with E-state index in [-0.39, 0.29) is 0 Å². The molecule has 0 saturated heterocycles. The molecule has 102 valence electrons. The van der Waals surface area contributed by atoms with Gasteiger partial charge < -0.3 is 15.2 Å². The summed E-state index contributed by atoms with van der Waals surface area (Å²) in [6.07, 6.45) is 3.23. The molecule has 0 atom stereocenters. The first-order valence-electron chi connectivity index (χ1n) is 6.86. The molecule has 0 unspecified atom stereocenters. The van der Waals surface area contributed by atoms with E-state index in [4.69, 9.17) is 15.2 Å². The zero-order valence-electron chi connectivity index (χ0n) is 11.7. The summed E-state index contributed by atoms with van der Waals surface area (Å²) < 4.78 is 11.4. The molecule has 0 aliphatic heterocycles. The SMILES string of the molecule is CCCOc1cccc(OCC(CC)CC)c1N. The van der Waals surface area contributed by atoms with E-state index in [0.29, 0.717) is 24.8 Å². The smallest absolute Gasteiger partial charge is 0.146 e. The van der Waals surface area contributed by atoms with Crippen molar-refractivity contribution >= 4 is 5.69 Å². The van der Waals surface area contributed by atoms with E-state index in [1.54, 1.807) is 0 Å². The Morgan fingerprint density at radius 3 is 2.22 bits per heavy atom. The van der Waals surface area contributed by atoms with Crippen LogP contribution in [0.3, 0.4) is 0 Å². The Balaban J connectivity index is 2.65. The summed E-state index contributed by atoms with van der Waals surface area (Å²) in [5.74, 6) is 2.04. The predicted molar refractivity (Wildman–Crippen MR) is 76.2 cm³/mol. The quantitative estimate of drug-likeness (QED) is 0.713. The monoisotopic (exact) mass is 251 g/mol. The van der Waals surface area contributed by atoms with Crippen molar-refractivity contribution in [2.45, 2.75) is 40.0 Å². The minimum Gasteiger partial charge on any atom is -0.491 e. The van der Waals surface area contributed by atoms with Gasteiger partial charge in [0.25, 0.3) is 0 Å². The molecule has 0 bridgehead atoms. The summed E-state index contributed by atoms with van der Waals surface area (Å²) in [6.45, 7) is 7.83. The van der Waals surface area contributed by atoms with Gasteiger partial charge in [-0.15, -0.1) is 0 Å². The van der Waals surface area contributed by atoms with Gasteiger partial charge in [0.2, 0.25) is 0 Å². The van der Waals surface area contributed by atoms with Crippen molar-refractivity contribution in [1.82, 2.24) is 0 Å². The van der Waals surface area contributed by atoms with Crippen LogP contribution in [0.25, 0.3) is 0 Å². The maximum absolute atomic E-state index is 6.04. The summed E-state index contributed by atoms with van der Waals surface area (Å²) in [7, 11) is 0. The summed E-state index contributed by atoms with van der Waals surface area (Å²) in [5, 5.41) is 0. The fourth-order valence-electron chi connectivity index (χ4n) is 1.72. The normalized spacial score (nSPS) is 10.7. The zero-order valence-corrected chi connectivity index (χ0v) is 11.7. The lowest BCUT2D eigenvalue weighted by atomic mass is 10.1. The second-order valence-electron chi connectivity index (χ2n) is 4.51. The lowest BCUT2D eigenvalue weighted by Gasteiger charge is -2.16. The van der Waals surface area contributed by atoms with Crippen LogP contribution in [0.5, 0.6) is 11.5 Å². The molecule has 3 nitrogen and oxygen atoms in total. The third-order valence-electron chi connectivity index (χ3n) is 3.12. The predicted octanol–water partition coefficient (Wildman–Crippen LogP) is 3.87. The van der Waals surface area contributed by atoms with Gasteiger partial charge in [-0.3, -0.25) is 0 Å². The highest BCUT2D eigenvalue weighted by Crippen LogP contribution is 2.31. The van der Waals surface area contributed by atoms with Crippen molar-refractivity contribution in [3.8, 4) is 11.5 Å². The number of rotatable bonds is 8. The Hall–Kier alpha value is -1.38. The number of para-hydroxylation sites is 1. The average molecular weight is 251 g/mol. The third kappa shape index (κ3) is 4.13. The lowest BCUT2D eigenvalue weighted by Crippen LogP contribution is -2.11. The van der Waals surface area contributed by atoms with E-state index in [2.05, 4.69) is 20.8 Å². The first-order chi connectivity index (χ1) is 8.72. The molecule has 0 heterocycles. The maximum atomic E-state index is 6.04. The van der Waals surface area contributed by atoms with Crippen LogP contribution in [0, 0.1) is 5.92 Å². The first kappa shape index (κ1) is 14.7. The Labute approximate surface area is 110 Å². The Morgan fingerprint density at radius 1 is 1.06 bits per heavy atom. The van der Waals surface area contributed by atoms with E-state index in [9.17, 15) is 0 Å². The van der Waals surface area contributed by atoms with Gasteiger partial charge in [-0.2, -0.15) is 0 Å². The number of nitrogens with two attached hydrogens (primary N) is 1. The molecular weight excluding hydrogens is 226 g/mol. The second kappa shape index (κ2) is 7.85. The molecule has 0 fully saturated rings. The first-order valence-corrected chi connectivity index (χ1v) is 6.86.